The first kappa shape index (κ1) is 23.7. The summed E-state index contributed by atoms with van der Waals surface area (Å²) in [5.41, 5.74) is -1.03. The Morgan fingerprint density at radius 1 is 1.38 bits per heavy atom. The molecule has 0 saturated carbocycles. The predicted octanol–water partition coefficient (Wildman–Crippen LogP) is 1.41. The standard InChI is InChI=1S/C20H30N3O8P/c1-4-19(3,31-32(27,28)20(5-2)11-29-20)9-13-14(24)15(25)17(30-13)23-10-12-7-6-8-21-16(12)22-18(23)26/h8,10,13-15,17,24-25H,4-7,9,11H2,1-3H3,(H,27,28). The van der Waals surface area contributed by atoms with Crippen molar-refractivity contribution in [3.8, 4) is 0 Å². The number of hydrogen-bond acceptors (Lipinski definition) is 9. The topological polar surface area (TPSA) is 156 Å². The lowest BCUT2D eigenvalue weighted by atomic mass is 9.93. The highest BCUT2D eigenvalue weighted by molar-refractivity contribution is 7.54. The Labute approximate surface area is 185 Å². The molecule has 4 heterocycles. The van der Waals surface area contributed by atoms with E-state index in [1.165, 1.54) is 4.57 Å². The van der Waals surface area contributed by atoms with Gasteiger partial charge in [0.25, 0.3) is 0 Å². The fourth-order valence-corrected chi connectivity index (χ4v) is 5.93. The lowest BCUT2D eigenvalue weighted by Crippen LogP contribution is -2.39. The van der Waals surface area contributed by atoms with Gasteiger partial charge in [0.05, 0.1) is 18.3 Å². The van der Waals surface area contributed by atoms with Crippen LogP contribution in [0.3, 0.4) is 0 Å². The van der Waals surface area contributed by atoms with E-state index in [2.05, 4.69) is 9.98 Å². The second kappa shape index (κ2) is 8.39. The van der Waals surface area contributed by atoms with Crippen LogP contribution in [0.25, 0.3) is 0 Å². The summed E-state index contributed by atoms with van der Waals surface area (Å²) in [6.07, 6.45) is 0.521. The predicted molar refractivity (Wildman–Crippen MR) is 114 cm³/mol. The minimum absolute atomic E-state index is 0.0278. The molecule has 1 aromatic rings. The summed E-state index contributed by atoms with van der Waals surface area (Å²) in [6, 6.07) is 0. The van der Waals surface area contributed by atoms with Crippen molar-refractivity contribution in [3.05, 3.63) is 22.2 Å². The van der Waals surface area contributed by atoms with E-state index in [0.717, 1.165) is 5.56 Å². The maximum absolute atomic E-state index is 12.9. The zero-order valence-electron chi connectivity index (χ0n) is 18.4. The SMILES string of the molecule is CCC(C)(CC1OC(n2cc3c(nc2=O)N=CCC3)C(O)C1O)OP(=O)(O)C1(CC)CO1. The summed E-state index contributed by atoms with van der Waals surface area (Å²) >= 11 is 0. The van der Waals surface area contributed by atoms with Gasteiger partial charge in [-0.2, -0.15) is 4.98 Å². The molecule has 32 heavy (non-hydrogen) atoms. The van der Waals surface area contributed by atoms with Crippen LogP contribution in [0, 0.1) is 0 Å². The van der Waals surface area contributed by atoms with Crippen molar-refractivity contribution < 1.29 is 33.7 Å². The molecule has 7 atom stereocenters. The lowest BCUT2D eigenvalue weighted by Gasteiger charge is -2.34. The Morgan fingerprint density at radius 3 is 2.72 bits per heavy atom. The summed E-state index contributed by atoms with van der Waals surface area (Å²) < 4.78 is 30.9. The van der Waals surface area contributed by atoms with Crippen molar-refractivity contribution in [3.63, 3.8) is 0 Å². The molecular formula is C20H30N3O8P. The molecule has 1 aromatic heterocycles. The third kappa shape index (κ3) is 4.11. The van der Waals surface area contributed by atoms with Gasteiger partial charge in [0, 0.05) is 24.4 Å². The number of ether oxygens (including phenoxy) is 2. The van der Waals surface area contributed by atoms with E-state index >= 15 is 0 Å². The van der Waals surface area contributed by atoms with Crippen molar-refractivity contribution in [1.82, 2.24) is 9.55 Å². The number of aliphatic hydroxyl groups is 2. The van der Waals surface area contributed by atoms with Gasteiger partial charge < -0.3 is 29.1 Å². The van der Waals surface area contributed by atoms with Crippen LogP contribution in [0.1, 0.15) is 58.2 Å². The van der Waals surface area contributed by atoms with Crippen LogP contribution >= 0.6 is 7.60 Å². The van der Waals surface area contributed by atoms with Crippen molar-refractivity contribution in [2.24, 2.45) is 4.99 Å². The fourth-order valence-electron chi connectivity index (χ4n) is 4.17. The Balaban J connectivity index is 1.54. The van der Waals surface area contributed by atoms with E-state index in [4.69, 9.17) is 14.0 Å². The summed E-state index contributed by atoms with van der Waals surface area (Å²) in [6.45, 7) is 5.35. The first-order chi connectivity index (χ1) is 15.0. The Bertz CT molecular complexity index is 1010. The number of rotatable bonds is 8. The van der Waals surface area contributed by atoms with E-state index < -0.39 is 48.8 Å². The van der Waals surface area contributed by atoms with Gasteiger partial charge in [-0.1, -0.05) is 13.8 Å². The largest absolute Gasteiger partial charge is 0.388 e. The molecule has 4 rings (SSSR count). The molecule has 3 aliphatic rings. The van der Waals surface area contributed by atoms with E-state index in [1.807, 2.05) is 0 Å². The lowest BCUT2D eigenvalue weighted by molar-refractivity contribution is -0.0688. The average Bonchev–Trinajstić information content (AvgIpc) is 3.52. The quantitative estimate of drug-likeness (QED) is 0.377. The molecule has 0 radical (unpaired) electrons. The minimum Gasteiger partial charge on any atom is -0.388 e. The van der Waals surface area contributed by atoms with Crippen molar-refractivity contribution in [2.45, 2.75) is 88.4 Å². The van der Waals surface area contributed by atoms with Gasteiger partial charge in [-0.15, -0.1) is 0 Å². The van der Waals surface area contributed by atoms with Crippen LogP contribution in [-0.2, 0) is 25.0 Å². The van der Waals surface area contributed by atoms with Crippen LogP contribution in [-0.4, -0.2) is 66.7 Å². The molecule has 0 amide bonds. The smallest absolute Gasteiger partial charge is 0.362 e. The number of aromatic nitrogens is 2. The van der Waals surface area contributed by atoms with Crippen LogP contribution in [0.2, 0.25) is 0 Å². The molecule has 12 heteroatoms. The number of nitrogens with zero attached hydrogens (tertiary/aromatic N) is 3. The highest BCUT2D eigenvalue weighted by Gasteiger charge is 2.61. The molecule has 3 aliphatic heterocycles. The number of aliphatic imine (C=N–C) groups is 1. The van der Waals surface area contributed by atoms with Gasteiger partial charge in [-0.25, -0.2) is 9.79 Å². The van der Waals surface area contributed by atoms with Crippen molar-refractivity contribution in [1.29, 1.82) is 0 Å². The first-order valence-corrected chi connectivity index (χ1v) is 12.5. The maximum atomic E-state index is 12.9. The molecule has 11 nitrogen and oxygen atoms in total. The van der Waals surface area contributed by atoms with Gasteiger partial charge in [0.1, 0.15) is 12.2 Å². The van der Waals surface area contributed by atoms with Crippen molar-refractivity contribution in [2.75, 3.05) is 6.61 Å². The van der Waals surface area contributed by atoms with Gasteiger partial charge in [-0.05, 0) is 32.6 Å². The molecule has 3 N–H and O–H groups in total. The Kier molecular flexibility index (Phi) is 6.21. The van der Waals surface area contributed by atoms with E-state index in [1.54, 1.807) is 33.2 Å². The number of hydrogen-bond donors (Lipinski definition) is 3. The summed E-state index contributed by atoms with van der Waals surface area (Å²) in [7, 11) is -4.11. The molecule has 0 spiro atoms. The van der Waals surface area contributed by atoms with E-state index in [0.29, 0.717) is 31.5 Å². The molecule has 2 fully saturated rings. The zero-order chi connectivity index (χ0) is 23.3. The molecule has 0 aromatic carbocycles. The number of fused-ring (bicyclic) bond motifs is 1. The van der Waals surface area contributed by atoms with Crippen molar-refractivity contribution >= 4 is 19.6 Å². The van der Waals surface area contributed by atoms with E-state index in [-0.39, 0.29) is 13.0 Å². The number of aliphatic hydroxyl groups excluding tert-OH is 2. The molecule has 0 bridgehead atoms. The first-order valence-electron chi connectivity index (χ1n) is 10.9. The molecular weight excluding hydrogens is 441 g/mol. The monoisotopic (exact) mass is 471 g/mol. The van der Waals surface area contributed by atoms with Gasteiger partial charge in [-0.3, -0.25) is 9.13 Å². The van der Waals surface area contributed by atoms with Crippen LogP contribution in [0.15, 0.2) is 16.0 Å². The van der Waals surface area contributed by atoms with E-state index in [9.17, 15) is 24.5 Å². The molecule has 7 unspecified atom stereocenters. The van der Waals surface area contributed by atoms with Gasteiger partial charge >= 0.3 is 13.3 Å². The zero-order valence-corrected chi connectivity index (χ0v) is 19.3. The van der Waals surface area contributed by atoms with Gasteiger partial charge in [0.15, 0.2) is 17.4 Å². The summed E-state index contributed by atoms with van der Waals surface area (Å²) in [5, 5.41) is 20.1. The average molecular weight is 471 g/mol. The fraction of sp³-hybridized carbons (Fsp3) is 0.750. The second-order valence-electron chi connectivity index (χ2n) is 8.88. The Hall–Kier alpha value is -1.46. The highest BCUT2D eigenvalue weighted by Crippen LogP contribution is 2.66. The number of aryl methyl sites for hydroxylation is 1. The molecule has 0 aliphatic carbocycles. The normalized spacial score (nSPS) is 35.2. The maximum Gasteiger partial charge on any atom is 0.362 e. The van der Waals surface area contributed by atoms with Crippen LogP contribution < -0.4 is 5.69 Å². The second-order valence-corrected chi connectivity index (χ2v) is 10.9. The Morgan fingerprint density at radius 2 is 2.09 bits per heavy atom. The molecule has 178 valence electrons. The van der Waals surface area contributed by atoms with Gasteiger partial charge in [0.2, 0.25) is 0 Å². The van der Waals surface area contributed by atoms with Crippen LogP contribution in [0.5, 0.6) is 0 Å². The summed E-state index contributed by atoms with van der Waals surface area (Å²) in [4.78, 5) is 31.1. The summed E-state index contributed by atoms with van der Waals surface area (Å²) in [5.74, 6) is 0.347. The molecule has 2 saturated heterocycles. The highest BCUT2D eigenvalue weighted by atomic mass is 31.2. The van der Waals surface area contributed by atoms with Crippen LogP contribution in [0.4, 0.5) is 5.82 Å². The third-order valence-electron chi connectivity index (χ3n) is 6.64. The third-order valence-corrected chi connectivity index (χ3v) is 8.93. The minimum atomic E-state index is -4.11. The number of epoxide rings is 1.